The molecule has 0 aromatic heterocycles. The van der Waals surface area contributed by atoms with Crippen LogP contribution in [0.2, 0.25) is 0 Å². The highest BCUT2D eigenvalue weighted by molar-refractivity contribution is 9.10. The van der Waals surface area contributed by atoms with Crippen LogP contribution in [0, 0.1) is 0 Å². The molecule has 0 saturated carbocycles. The number of rotatable bonds is 5. The van der Waals surface area contributed by atoms with E-state index in [4.69, 9.17) is 9.47 Å². The first-order chi connectivity index (χ1) is 12.5. The summed E-state index contributed by atoms with van der Waals surface area (Å²) in [7, 11) is 3.12. The third-order valence-corrected chi connectivity index (χ3v) is 5.24. The highest BCUT2D eigenvalue weighted by Crippen LogP contribution is 2.34. The second-order valence-electron chi connectivity index (χ2n) is 5.54. The Morgan fingerprint density at radius 3 is 2.23 bits per heavy atom. The zero-order chi connectivity index (χ0) is 18.7. The fourth-order valence-corrected chi connectivity index (χ4v) is 3.58. The molecule has 3 rings (SSSR count). The van der Waals surface area contributed by atoms with Crippen LogP contribution in [0.25, 0.3) is 6.08 Å². The molecule has 7 heteroatoms. The van der Waals surface area contributed by atoms with E-state index < -0.39 is 0 Å². The third kappa shape index (κ3) is 4.11. The molecule has 1 heterocycles. The van der Waals surface area contributed by atoms with Crippen LogP contribution < -0.4 is 9.47 Å². The van der Waals surface area contributed by atoms with Crippen molar-refractivity contribution in [1.82, 2.24) is 4.90 Å². The minimum absolute atomic E-state index is 0.247. The molecule has 0 radical (unpaired) electrons. The Labute approximate surface area is 164 Å². The molecule has 0 atom stereocenters. The molecule has 1 fully saturated rings. The molecular formula is C19H16BrNO4S. The highest BCUT2D eigenvalue weighted by atomic mass is 79.9. The molecule has 1 aliphatic heterocycles. The Bertz CT molecular complexity index is 857. The summed E-state index contributed by atoms with van der Waals surface area (Å²) in [6, 6.07) is 12.8. The van der Waals surface area contributed by atoms with E-state index in [2.05, 4.69) is 15.9 Å². The van der Waals surface area contributed by atoms with E-state index in [1.165, 1.54) is 4.90 Å². The Hall–Kier alpha value is -2.25. The van der Waals surface area contributed by atoms with Crippen LogP contribution in [0.15, 0.2) is 51.8 Å². The lowest BCUT2D eigenvalue weighted by molar-refractivity contribution is -0.123. The molecule has 2 aromatic carbocycles. The van der Waals surface area contributed by atoms with Crippen molar-refractivity contribution >= 4 is 44.9 Å². The van der Waals surface area contributed by atoms with Crippen LogP contribution in [0.3, 0.4) is 0 Å². The normalized spacial score (nSPS) is 15.7. The summed E-state index contributed by atoms with van der Waals surface area (Å²) in [6.45, 7) is 0.247. The Morgan fingerprint density at radius 2 is 1.65 bits per heavy atom. The smallest absolute Gasteiger partial charge is 0.293 e. The zero-order valence-corrected chi connectivity index (χ0v) is 16.6. The van der Waals surface area contributed by atoms with E-state index >= 15 is 0 Å². The summed E-state index contributed by atoms with van der Waals surface area (Å²) in [5.74, 6) is 0.930. The number of imide groups is 1. The standard InChI is InChI=1S/C19H16BrNO4S/c1-24-15-7-13(8-16(10-15)25-2)9-17-18(22)21(19(23)26-17)11-12-3-5-14(20)6-4-12/h3-10H,11H2,1-2H3/b17-9+. The number of carbonyl (C=O) groups excluding carboxylic acids is 2. The third-order valence-electron chi connectivity index (χ3n) is 3.80. The fourth-order valence-electron chi connectivity index (χ4n) is 2.47. The van der Waals surface area contributed by atoms with Gasteiger partial charge in [-0.3, -0.25) is 14.5 Å². The number of thioether (sulfide) groups is 1. The lowest BCUT2D eigenvalue weighted by atomic mass is 10.1. The van der Waals surface area contributed by atoms with E-state index in [1.807, 2.05) is 24.3 Å². The topological polar surface area (TPSA) is 55.8 Å². The molecule has 134 valence electrons. The molecule has 0 N–H and O–H groups in total. The molecule has 2 amide bonds. The van der Waals surface area contributed by atoms with Gasteiger partial charge in [0.2, 0.25) is 0 Å². The molecule has 1 aliphatic rings. The summed E-state index contributed by atoms with van der Waals surface area (Å²) in [5, 5.41) is -0.279. The molecule has 26 heavy (non-hydrogen) atoms. The number of methoxy groups -OCH3 is 2. The summed E-state index contributed by atoms with van der Waals surface area (Å²) >= 11 is 4.30. The van der Waals surface area contributed by atoms with Gasteiger partial charge in [-0.1, -0.05) is 28.1 Å². The monoisotopic (exact) mass is 433 g/mol. The van der Waals surface area contributed by atoms with E-state index in [-0.39, 0.29) is 17.7 Å². The molecule has 2 aromatic rings. The lowest BCUT2D eigenvalue weighted by Gasteiger charge is -2.12. The van der Waals surface area contributed by atoms with Gasteiger partial charge in [0.15, 0.2) is 0 Å². The van der Waals surface area contributed by atoms with Gasteiger partial charge in [0.1, 0.15) is 11.5 Å². The zero-order valence-electron chi connectivity index (χ0n) is 14.2. The van der Waals surface area contributed by atoms with Crippen LogP contribution in [-0.2, 0) is 11.3 Å². The van der Waals surface area contributed by atoms with Gasteiger partial charge in [-0.15, -0.1) is 0 Å². The number of amides is 2. The van der Waals surface area contributed by atoms with Crippen LogP contribution in [0.4, 0.5) is 4.79 Å². The quantitative estimate of drug-likeness (QED) is 0.639. The van der Waals surface area contributed by atoms with Gasteiger partial charge in [-0.05, 0) is 53.2 Å². The van der Waals surface area contributed by atoms with E-state index in [0.29, 0.717) is 16.4 Å². The molecule has 0 spiro atoms. The van der Waals surface area contributed by atoms with Gasteiger partial charge in [0.05, 0.1) is 25.7 Å². The fraction of sp³-hybridized carbons (Fsp3) is 0.158. The SMILES string of the molecule is COc1cc(/C=C2/SC(=O)N(Cc3ccc(Br)cc3)C2=O)cc(OC)c1. The Morgan fingerprint density at radius 1 is 1.04 bits per heavy atom. The number of ether oxygens (including phenoxy) is 2. The minimum atomic E-state index is -0.301. The molecular weight excluding hydrogens is 418 g/mol. The number of benzene rings is 2. The largest absolute Gasteiger partial charge is 0.497 e. The van der Waals surface area contributed by atoms with Crippen molar-refractivity contribution < 1.29 is 19.1 Å². The van der Waals surface area contributed by atoms with Crippen LogP contribution >= 0.6 is 27.7 Å². The predicted octanol–water partition coefficient (Wildman–Crippen LogP) is 4.70. The van der Waals surface area contributed by atoms with Gasteiger partial charge in [0.25, 0.3) is 11.1 Å². The van der Waals surface area contributed by atoms with Crippen molar-refractivity contribution in [2.24, 2.45) is 0 Å². The maximum absolute atomic E-state index is 12.6. The lowest BCUT2D eigenvalue weighted by Crippen LogP contribution is -2.27. The predicted molar refractivity (Wildman–Crippen MR) is 105 cm³/mol. The highest BCUT2D eigenvalue weighted by Gasteiger charge is 2.35. The molecule has 0 aliphatic carbocycles. The van der Waals surface area contributed by atoms with Crippen LogP contribution in [0.5, 0.6) is 11.5 Å². The van der Waals surface area contributed by atoms with Gasteiger partial charge >= 0.3 is 0 Å². The van der Waals surface area contributed by atoms with Gasteiger partial charge in [-0.25, -0.2) is 0 Å². The molecule has 0 unspecified atom stereocenters. The molecule has 0 bridgehead atoms. The maximum atomic E-state index is 12.6. The first-order valence-corrected chi connectivity index (χ1v) is 9.34. The summed E-state index contributed by atoms with van der Waals surface area (Å²) in [5.41, 5.74) is 1.62. The van der Waals surface area contributed by atoms with Gasteiger partial charge < -0.3 is 9.47 Å². The number of hydrogen-bond donors (Lipinski definition) is 0. The molecule has 1 saturated heterocycles. The second-order valence-corrected chi connectivity index (χ2v) is 7.45. The van der Waals surface area contributed by atoms with Crippen molar-refractivity contribution in [2.45, 2.75) is 6.54 Å². The van der Waals surface area contributed by atoms with Crippen molar-refractivity contribution in [2.75, 3.05) is 14.2 Å². The average molecular weight is 434 g/mol. The minimum Gasteiger partial charge on any atom is -0.497 e. The van der Waals surface area contributed by atoms with Crippen molar-refractivity contribution in [3.8, 4) is 11.5 Å². The van der Waals surface area contributed by atoms with Crippen molar-refractivity contribution in [3.05, 3.63) is 63.0 Å². The number of halogens is 1. The van der Waals surface area contributed by atoms with E-state index in [1.54, 1.807) is 38.5 Å². The van der Waals surface area contributed by atoms with Crippen LogP contribution in [0.1, 0.15) is 11.1 Å². The first-order valence-electron chi connectivity index (χ1n) is 7.73. The average Bonchev–Trinajstić information content (AvgIpc) is 2.90. The van der Waals surface area contributed by atoms with Crippen molar-refractivity contribution in [1.29, 1.82) is 0 Å². The van der Waals surface area contributed by atoms with Gasteiger partial charge in [0, 0.05) is 10.5 Å². The van der Waals surface area contributed by atoms with Gasteiger partial charge in [-0.2, -0.15) is 0 Å². The van der Waals surface area contributed by atoms with E-state index in [9.17, 15) is 9.59 Å². The first kappa shape index (κ1) is 18.5. The van der Waals surface area contributed by atoms with Crippen molar-refractivity contribution in [3.63, 3.8) is 0 Å². The summed E-state index contributed by atoms with van der Waals surface area (Å²) < 4.78 is 11.4. The number of hydrogen-bond acceptors (Lipinski definition) is 5. The van der Waals surface area contributed by atoms with E-state index in [0.717, 1.165) is 27.4 Å². The summed E-state index contributed by atoms with van der Waals surface area (Å²) in [6.07, 6.45) is 1.68. The second kappa shape index (κ2) is 7.97. The molecule has 5 nitrogen and oxygen atoms in total. The Balaban J connectivity index is 1.84. The summed E-state index contributed by atoms with van der Waals surface area (Å²) in [4.78, 5) is 26.5. The Kier molecular flexibility index (Phi) is 5.68. The maximum Gasteiger partial charge on any atom is 0.293 e. The van der Waals surface area contributed by atoms with Crippen LogP contribution in [-0.4, -0.2) is 30.3 Å². The number of nitrogens with zero attached hydrogens (tertiary/aromatic N) is 1. The number of carbonyl (C=O) groups is 2.